The summed E-state index contributed by atoms with van der Waals surface area (Å²) in [5, 5.41) is 0. The van der Waals surface area contributed by atoms with Crippen molar-refractivity contribution in [3.05, 3.63) is 54.1 Å². The Morgan fingerprint density at radius 3 is 2.18 bits per heavy atom. The van der Waals surface area contributed by atoms with Crippen LogP contribution in [0.3, 0.4) is 0 Å². The third kappa shape index (κ3) is 2.68. The molecule has 0 aliphatic heterocycles. The Morgan fingerprint density at radius 1 is 0.882 bits per heavy atom. The second kappa shape index (κ2) is 5.05. The van der Waals surface area contributed by atoms with Crippen molar-refractivity contribution in [2.24, 2.45) is 0 Å². The Balaban J connectivity index is 2.50. The van der Waals surface area contributed by atoms with E-state index < -0.39 is 0 Å². The molecule has 0 aliphatic carbocycles. The number of hydrogen-bond acceptors (Lipinski definition) is 1. The van der Waals surface area contributed by atoms with Crippen molar-refractivity contribution in [3.63, 3.8) is 0 Å². The quantitative estimate of drug-likeness (QED) is 0.749. The molecule has 2 aromatic rings. The van der Waals surface area contributed by atoms with Gasteiger partial charge in [0, 0.05) is 0 Å². The third-order valence-electron chi connectivity index (χ3n) is 2.94. The van der Waals surface area contributed by atoms with Crippen LogP contribution < -0.4 is 4.74 Å². The van der Waals surface area contributed by atoms with E-state index in [0.717, 1.165) is 5.75 Å². The molecule has 0 radical (unpaired) electrons. The van der Waals surface area contributed by atoms with Gasteiger partial charge in [-0.15, -0.1) is 0 Å². The van der Waals surface area contributed by atoms with Crippen LogP contribution in [0.5, 0.6) is 5.75 Å². The largest absolute Gasteiger partial charge is 0.497 e. The summed E-state index contributed by atoms with van der Waals surface area (Å²) in [5.74, 6) is 1.43. The predicted molar refractivity (Wildman–Crippen MR) is 72.5 cm³/mol. The van der Waals surface area contributed by atoms with Gasteiger partial charge in [-0.3, -0.25) is 0 Å². The lowest BCUT2D eigenvalue weighted by molar-refractivity contribution is 0.414. The highest BCUT2D eigenvalue weighted by Gasteiger charge is 2.06. The predicted octanol–water partition coefficient (Wildman–Crippen LogP) is 4.49. The van der Waals surface area contributed by atoms with Crippen molar-refractivity contribution in [3.8, 4) is 16.9 Å². The van der Waals surface area contributed by atoms with Gasteiger partial charge in [0.2, 0.25) is 0 Å². The maximum Gasteiger partial charge on any atom is 0.119 e. The smallest absolute Gasteiger partial charge is 0.119 e. The molecule has 0 bridgehead atoms. The van der Waals surface area contributed by atoms with Gasteiger partial charge in [0.1, 0.15) is 5.75 Å². The van der Waals surface area contributed by atoms with Crippen LogP contribution in [-0.4, -0.2) is 7.11 Å². The molecular weight excluding hydrogens is 208 g/mol. The van der Waals surface area contributed by atoms with E-state index in [-0.39, 0.29) is 0 Å². The number of benzene rings is 2. The van der Waals surface area contributed by atoms with Gasteiger partial charge in [-0.1, -0.05) is 50.2 Å². The van der Waals surface area contributed by atoms with Crippen molar-refractivity contribution >= 4 is 0 Å². The highest BCUT2D eigenvalue weighted by molar-refractivity contribution is 5.66. The summed E-state index contributed by atoms with van der Waals surface area (Å²) in [6.07, 6.45) is 0. The molecule has 0 saturated carbocycles. The molecule has 2 aromatic carbocycles. The Kier molecular flexibility index (Phi) is 3.48. The molecule has 0 aliphatic rings. The average molecular weight is 226 g/mol. The topological polar surface area (TPSA) is 9.23 Å². The second-order valence-corrected chi connectivity index (χ2v) is 4.52. The first-order valence-electron chi connectivity index (χ1n) is 5.95. The molecule has 17 heavy (non-hydrogen) atoms. The first-order chi connectivity index (χ1) is 8.20. The van der Waals surface area contributed by atoms with Crippen molar-refractivity contribution in [2.45, 2.75) is 19.8 Å². The van der Waals surface area contributed by atoms with Crippen LogP contribution in [0.2, 0.25) is 0 Å². The molecule has 0 heterocycles. The van der Waals surface area contributed by atoms with Crippen LogP contribution >= 0.6 is 0 Å². The van der Waals surface area contributed by atoms with Crippen LogP contribution in [0, 0.1) is 0 Å². The van der Waals surface area contributed by atoms with E-state index in [1.54, 1.807) is 7.11 Å². The average Bonchev–Trinajstić information content (AvgIpc) is 2.39. The minimum atomic E-state index is 0.507. The van der Waals surface area contributed by atoms with Crippen molar-refractivity contribution in [2.75, 3.05) is 7.11 Å². The first kappa shape index (κ1) is 11.7. The summed E-state index contributed by atoms with van der Waals surface area (Å²) in [6.45, 7) is 4.40. The van der Waals surface area contributed by atoms with Crippen molar-refractivity contribution in [1.82, 2.24) is 0 Å². The SMILES string of the molecule is COc1cc(-c2ccccc2)cc(C(C)C)c1. The Bertz CT molecular complexity index is 486. The van der Waals surface area contributed by atoms with Gasteiger partial charge >= 0.3 is 0 Å². The third-order valence-corrected chi connectivity index (χ3v) is 2.94. The van der Waals surface area contributed by atoms with Crippen LogP contribution in [0.4, 0.5) is 0 Å². The molecule has 0 spiro atoms. The van der Waals surface area contributed by atoms with Crippen molar-refractivity contribution < 1.29 is 4.74 Å². The van der Waals surface area contributed by atoms with Gasteiger partial charge < -0.3 is 4.74 Å². The summed E-state index contributed by atoms with van der Waals surface area (Å²) in [5.41, 5.74) is 3.75. The molecule has 0 saturated heterocycles. The molecule has 88 valence electrons. The lowest BCUT2D eigenvalue weighted by atomic mass is 9.97. The van der Waals surface area contributed by atoms with Crippen LogP contribution in [0.25, 0.3) is 11.1 Å². The summed E-state index contributed by atoms with van der Waals surface area (Å²) >= 11 is 0. The molecule has 1 nitrogen and oxygen atoms in total. The summed E-state index contributed by atoms with van der Waals surface area (Å²) in [7, 11) is 1.72. The summed E-state index contributed by atoms with van der Waals surface area (Å²) in [6, 6.07) is 16.8. The Labute approximate surface area is 103 Å². The fraction of sp³-hybridized carbons (Fsp3) is 0.250. The van der Waals surface area contributed by atoms with E-state index >= 15 is 0 Å². The van der Waals surface area contributed by atoms with E-state index in [9.17, 15) is 0 Å². The molecule has 0 N–H and O–H groups in total. The number of rotatable bonds is 3. The molecule has 1 heteroatoms. The minimum absolute atomic E-state index is 0.507. The number of ether oxygens (including phenoxy) is 1. The summed E-state index contributed by atoms with van der Waals surface area (Å²) < 4.78 is 5.37. The van der Waals surface area contributed by atoms with E-state index in [4.69, 9.17) is 4.74 Å². The molecular formula is C16H18O. The maximum absolute atomic E-state index is 5.37. The second-order valence-electron chi connectivity index (χ2n) is 4.52. The fourth-order valence-electron chi connectivity index (χ4n) is 1.87. The normalized spacial score (nSPS) is 10.6. The van der Waals surface area contributed by atoms with Crippen LogP contribution in [0.15, 0.2) is 48.5 Å². The van der Waals surface area contributed by atoms with E-state index in [2.05, 4.69) is 56.3 Å². The Hall–Kier alpha value is -1.76. The van der Waals surface area contributed by atoms with Gasteiger partial charge in [-0.2, -0.15) is 0 Å². The highest BCUT2D eigenvalue weighted by atomic mass is 16.5. The monoisotopic (exact) mass is 226 g/mol. The fourth-order valence-corrected chi connectivity index (χ4v) is 1.87. The van der Waals surface area contributed by atoms with Gasteiger partial charge in [0.25, 0.3) is 0 Å². The van der Waals surface area contributed by atoms with Crippen LogP contribution in [0.1, 0.15) is 25.3 Å². The molecule has 0 amide bonds. The minimum Gasteiger partial charge on any atom is -0.497 e. The van der Waals surface area contributed by atoms with Gasteiger partial charge in [-0.05, 0) is 34.7 Å². The molecule has 0 unspecified atom stereocenters. The first-order valence-corrected chi connectivity index (χ1v) is 5.95. The zero-order valence-corrected chi connectivity index (χ0v) is 10.6. The zero-order valence-electron chi connectivity index (χ0n) is 10.6. The molecule has 0 atom stereocenters. The van der Waals surface area contributed by atoms with E-state index in [1.165, 1.54) is 16.7 Å². The highest BCUT2D eigenvalue weighted by Crippen LogP contribution is 2.29. The molecule has 2 rings (SSSR count). The lowest BCUT2D eigenvalue weighted by Crippen LogP contribution is -1.91. The molecule has 0 fully saturated rings. The van der Waals surface area contributed by atoms with Gasteiger partial charge in [-0.25, -0.2) is 0 Å². The Morgan fingerprint density at radius 2 is 1.59 bits per heavy atom. The van der Waals surface area contributed by atoms with Crippen LogP contribution in [-0.2, 0) is 0 Å². The number of hydrogen-bond donors (Lipinski definition) is 0. The van der Waals surface area contributed by atoms with E-state index in [1.807, 2.05) is 6.07 Å². The standard InChI is InChI=1S/C16H18O/c1-12(2)14-9-15(11-16(10-14)17-3)13-7-5-4-6-8-13/h4-12H,1-3H3. The molecule has 0 aromatic heterocycles. The van der Waals surface area contributed by atoms with Gasteiger partial charge in [0.05, 0.1) is 7.11 Å². The number of methoxy groups -OCH3 is 1. The maximum atomic E-state index is 5.37. The zero-order chi connectivity index (χ0) is 12.3. The lowest BCUT2D eigenvalue weighted by Gasteiger charge is -2.11. The van der Waals surface area contributed by atoms with Crippen molar-refractivity contribution in [1.29, 1.82) is 0 Å². The van der Waals surface area contributed by atoms with E-state index in [0.29, 0.717) is 5.92 Å². The summed E-state index contributed by atoms with van der Waals surface area (Å²) in [4.78, 5) is 0. The van der Waals surface area contributed by atoms with Gasteiger partial charge in [0.15, 0.2) is 0 Å².